The average molecular weight is 218 g/mol. The monoisotopic (exact) mass is 218 g/mol. The van der Waals surface area contributed by atoms with Crippen molar-refractivity contribution in [1.82, 2.24) is 9.97 Å². The second kappa shape index (κ2) is 5.45. The zero-order valence-corrected chi connectivity index (χ0v) is 10.4. The molecular formula is C12H18N4. The van der Waals surface area contributed by atoms with Gasteiger partial charge in [-0.3, -0.25) is 0 Å². The summed E-state index contributed by atoms with van der Waals surface area (Å²) in [5, 5.41) is 8.82. The number of hydrogen-bond acceptors (Lipinski definition) is 4. The van der Waals surface area contributed by atoms with Gasteiger partial charge in [-0.15, -0.1) is 0 Å². The van der Waals surface area contributed by atoms with Crippen LogP contribution in [0.15, 0.2) is 6.07 Å². The van der Waals surface area contributed by atoms with Crippen LogP contribution >= 0.6 is 0 Å². The molecule has 0 N–H and O–H groups in total. The van der Waals surface area contributed by atoms with Crippen LogP contribution in [0.4, 0.5) is 5.95 Å². The fourth-order valence-corrected chi connectivity index (χ4v) is 1.57. The summed E-state index contributed by atoms with van der Waals surface area (Å²) in [6, 6.07) is 4.18. The number of rotatable bonds is 4. The van der Waals surface area contributed by atoms with Crippen molar-refractivity contribution in [3.8, 4) is 6.07 Å². The fourth-order valence-electron chi connectivity index (χ4n) is 1.57. The van der Waals surface area contributed by atoms with Crippen molar-refractivity contribution in [2.75, 3.05) is 18.0 Å². The predicted octanol–water partition coefficient (Wildman–Crippen LogP) is 2.08. The van der Waals surface area contributed by atoms with Gasteiger partial charge in [0, 0.05) is 24.5 Å². The maximum Gasteiger partial charge on any atom is 0.225 e. The van der Waals surface area contributed by atoms with Gasteiger partial charge < -0.3 is 4.90 Å². The maximum atomic E-state index is 8.82. The van der Waals surface area contributed by atoms with E-state index in [2.05, 4.69) is 16.0 Å². The number of nitriles is 1. The van der Waals surface area contributed by atoms with Crippen molar-refractivity contribution >= 4 is 5.95 Å². The Bertz CT molecular complexity index is 374. The lowest BCUT2D eigenvalue weighted by Gasteiger charge is -2.22. The first-order valence-electron chi connectivity index (χ1n) is 5.53. The van der Waals surface area contributed by atoms with Crippen LogP contribution in [0.3, 0.4) is 0 Å². The lowest BCUT2D eigenvalue weighted by Crippen LogP contribution is -2.29. The lowest BCUT2D eigenvalue weighted by molar-refractivity contribution is 0.669. The van der Waals surface area contributed by atoms with Crippen molar-refractivity contribution in [2.45, 2.75) is 27.7 Å². The lowest BCUT2D eigenvalue weighted by atomic mass is 10.2. The summed E-state index contributed by atoms with van der Waals surface area (Å²) in [5.74, 6) is 0.714. The van der Waals surface area contributed by atoms with E-state index in [1.165, 1.54) is 0 Å². The number of hydrogen-bond donors (Lipinski definition) is 0. The number of nitrogens with zero attached hydrogens (tertiary/aromatic N) is 4. The standard InChI is InChI=1S/C12H18N4/c1-5-16(8-9(2)7-13)12-14-10(3)6-11(4)15-12/h6,9H,5,8H2,1-4H3. The molecule has 0 amide bonds. The topological polar surface area (TPSA) is 52.8 Å². The van der Waals surface area contributed by atoms with Gasteiger partial charge in [0.15, 0.2) is 0 Å². The SMILES string of the molecule is CCN(CC(C)C#N)c1nc(C)cc(C)n1. The Balaban J connectivity index is 2.91. The van der Waals surface area contributed by atoms with Crippen LogP contribution in [0.2, 0.25) is 0 Å². The molecule has 1 rings (SSSR count). The predicted molar refractivity (Wildman–Crippen MR) is 64.2 cm³/mol. The first-order chi connectivity index (χ1) is 7.56. The van der Waals surface area contributed by atoms with Gasteiger partial charge in [-0.2, -0.15) is 5.26 Å². The first kappa shape index (κ1) is 12.4. The molecule has 0 bridgehead atoms. The Morgan fingerprint density at radius 1 is 1.38 bits per heavy atom. The minimum absolute atomic E-state index is 0.00984. The van der Waals surface area contributed by atoms with Crippen LogP contribution in [-0.2, 0) is 0 Å². The maximum absolute atomic E-state index is 8.82. The molecule has 0 fully saturated rings. The molecule has 4 heteroatoms. The molecule has 1 unspecified atom stereocenters. The van der Waals surface area contributed by atoms with E-state index in [9.17, 15) is 0 Å². The van der Waals surface area contributed by atoms with E-state index in [1.54, 1.807) is 0 Å². The Labute approximate surface area is 96.9 Å². The Hall–Kier alpha value is -1.63. The number of aromatic nitrogens is 2. The van der Waals surface area contributed by atoms with E-state index >= 15 is 0 Å². The number of anilines is 1. The Morgan fingerprint density at radius 2 is 1.94 bits per heavy atom. The Kier molecular flexibility index (Phi) is 4.24. The molecule has 0 spiro atoms. The van der Waals surface area contributed by atoms with Gasteiger partial charge in [0.25, 0.3) is 0 Å². The molecule has 0 saturated carbocycles. The summed E-state index contributed by atoms with van der Waals surface area (Å²) in [4.78, 5) is 10.8. The van der Waals surface area contributed by atoms with Crippen LogP contribution in [0.5, 0.6) is 0 Å². The van der Waals surface area contributed by atoms with Gasteiger partial charge >= 0.3 is 0 Å². The molecule has 1 heterocycles. The number of aryl methyl sites for hydroxylation is 2. The van der Waals surface area contributed by atoms with Gasteiger partial charge in [-0.1, -0.05) is 0 Å². The quantitative estimate of drug-likeness (QED) is 0.776. The van der Waals surface area contributed by atoms with Gasteiger partial charge in [0.1, 0.15) is 0 Å². The van der Waals surface area contributed by atoms with Crippen LogP contribution < -0.4 is 4.90 Å². The van der Waals surface area contributed by atoms with Crippen LogP contribution in [0.1, 0.15) is 25.2 Å². The molecule has 0 aliphatic heterocycles. The van der Waals surface area contributed by atoms with Crippen LogP contribution in [0, 0.1) is 31.1 Å². The highest BCUT2D eigenvalue weighted by Gasteiger charge is 2.12. The molecule has 0 aromatic carbocycles. The summed E-state index contributed by atoms with van der Waals surface area (Å²) in [5.41, 5.74) is 1.93. The molecule has 1 aromatic heterocycles. The molecule has 1 aromatic rings. The highest BCUT2D eigenvalue weighted by Crippen LogP contribution is 2.11. The molecule has 86 valence electrons. The first-order valence-corrected chi connectivity index (χ1v) is 5.53. The van der Waals surface area contributed by atoms with E-state index in [4.69, 9.17) is 5.26 Å². The smallest absolute Gasteiger partial charge is 0.225 e. The van der Waals surface area contributed by atoms with E-state index in [1.807, 2.05) is 38.7 Å². The van der Waals surface area contributed by atoms with E-state index in [0.717, 1.165) is 23.9 Å². The summed E-state index contributed by atoms with van der Waals surface area (Å²) in [6.45, 7) is 9.36. The highest BCUT2D eigenvalue weighted by atomic mass is 15.2. The summed E-state index contributed by atoms with van der Waals surface area (Å²) in [7, 11) is 0. The normalized spacial score (nSPS) is 11.9. The Morgan fingerprint density at radius 3 is 2.38 bits per heavy atom. The minimum Gasteiger partial charge on any atom is -0.340 e. The minimum atomic E-state index is -0.00984. The second-order valence-corrected chi connectivity index (χ2v) is 4.02. The molecule has 16 heavy (non-hydrogen) atoms. The van der Waals surface area contributed by atoms with Crippen LogP contribution in [-0.4, -0.2) is 23.1 Å². The van der Waals surface area contributed by atoms with Crippen molar-refractivity contribution in [2.24, 2.45) is 5.92 Å². The summed E-state index contributed by atoms with van der Waals surface area (Å²) in [6.07, 6.45) is 0. The molecule has 0 aliphatic carbocycles. The van der Waals surface area contributed by atoms with Crippen molar-refractivity contribution in [3.63, 3.8) is 0 Å². The molecule has 1 atom stereocenters. The zero-order chi connectivity index (χ0) is 12.1. The summed E-state index contributed by atoms with van der Waals surface area (Å²) >= 11 is 0. The van der Waals surface area contributed by atoms with Crippen molar-refractivity contribution < 1.29 is 0 Å². The average Bonchev–Trinajstić information content (AvgIpc) is 2.24. The molecule has 4 nitrogen and oxygen atoms in total. The molecule has 0 aliphatic rings. The van der Waals surface area contributed by atoms with Gasteiger partial charge in [-0.25, -0.2) is 9.97 Å². The highest BCUT2D eigenvalue weighted by molar-refractivity contribution is 5.32. The summed E-state index contributed by atoms with van der Waals surface area (Å²) < 4.78 is 0. The van der Waals surface area contributed by atoms with E-state index in [0.29, 0.717) is 6.54 Å². The fraction of sp³-hybridized carbons (Fsp3) is 0.583. The van der Waals surface area contributed by atoms with Crippen molar-refractivity contribution in [1.29, 1.82) is 5.26 Å². The molecule has 0 radical (unpaired) electrons. The van der Waals surface area contributed by atoms with Crippen molar-refractivity contribution in [3.05, 3.63) is 17.5 Å². The third-order valence-electron chi connectivity index (χ3n) is 2.35. The zero-order valence-electron chi connectivity index (χ0n) is 10.4. The van der Waals surface area contributed by atoms with Gasteiger partial charge in [0.2, 0.25) is 5.95 Å². The van der Waals surface area contributed by atoms with Gasteiger partial charge in [0.05, 0.1) is 12.0 Å². The largest absolute Gasteiger partial charge is 0.340 e. The second-order valence-electron chi connectivity index (χ2n) is 4.02. The molecular weight excluding hydrogens is 200 g/mol. The molecule has 0 saturated heterocycles. The third kappa shape index (κ3) is 3.20. The van der Waals surface area contributed by atoms with E-state index < -0.39 is 0 Å². The van der Waals surface area contributed by atoms with Gasteiger partial charge in [-0.05, 0) is 33.8 Å². The van der Waals surface area contributed by atoms with Crippen LogP contribution in [0.25, 0.3) is 0 Å². The third-order valence-corrected chi connectivity index (χ3v) is 2.35. The van der Waals surface area contributed by atoms with E-state index in [-0.39, 0.29) is 5.92 Å².